The summed E-state index contributed by atoms with van der Waals surface area (Å²) in [5.74, 6) is -0.265. The third-order valence-electron chi connectivity index (χ3n) is 3.55. The monoisotopic (exact) mass is 293 g/mol. The second kappa shape index (κ2) is 5.81. The van der Waals surface area contributed by atoms with Gasteiger partial charge in [-0.2, -0.15) is 0 Å². The maximum atomic E-state index is 12.3. The molecule has 22 heavy (non-hydrogen) atoms. The Hall–Kier alpha value is -2.95. The molecular formula is C17H15N3O2. The lowest BCUT2D eigenvalue weighted by Crippen LogP contribution is -2.27. The molecule has 3 rings (SSSR count). The lowest BCUT2D eigenvalue weighted by atomic mass is 10.1. The van der Waals surface area contributed by atoms with Crippen molar-refractivity contribution in [3.63, 3.8) is 0 Å². The van der Waals surface area contributed by atoms with Gasteiger partial charge in [0, 0.05) is 36.0 Å². The molecule has 1 N–H and O–H groups in total. The van der Waals surface area contributed by atoms with Crippen LogP contribution in [0.4, 0.5) is 5.69 Å². The van der Waals surface area contributed by atoms with Gasteiger partial charge in [-0.25, -0.2) is 0 Å². The number of pyridine rings is 1. The average Bonchev–Trinajstić information content (AvgIpc) is 2.78. The minimum absolute atomic E-state index is 0.102. The molecule has 0 atom stereocenters. The van der Waals surface area contributed by atoms with E-state index in [1.807, 2.05) is 18.2 Å². The molecule has 1 aliphatic rings. The molecule has 2 amide bonds. The Morgan fingerprint density at radius 3 is 2.64 bits per heavy atom. The van der Waals surface area contributed by atoms with Crippen molar-refractivity contribution in [3.8, 4) is 0 Å². The van der Waals surface area contributed by atoms with Crippen molar-refractivity contribution >= 4 is 23.2 Å². The van der Waals surface area contributed by atoms with Crippen molar-refractivity contribution in [1.29, 1.82) is 0 Å². The van der Waals surface area contributed by atoms with Crippen LogP contribution in [0.1, 0.15) is 22.3 Å². The molecule has 0 spiro atoms. The van der Waals surface area contributed by atoms with Crippen LogP contribution in [0.15, 0.2) is 55.4 Å². The molecule has 0 fully saturated rings. The van der Waals surface area contributed by atoms with Gasteiger partial charge in [0.15, 0.2) is 0 Å². The molecule has 5 nitrogen and oxygen atoms in total. The predicted molar refractivity (Wildman–Crippen MR) is 84.0 cm³/mol. The molecule has 2 aromatic rings. The fraction of sp³-hybridized carbons (Fsp3) is 0.118. The van der Waals surface area contributed by atoms with Crippen LogP contribution in [0.5, 0.6) is 0 Å². The van der Waals surface area contributed by atoms with Crippen molar-refractivity contribution < 1.29 is 9.59 Å². The highest BCUT2D eigenvalue weighted by molar-refractivity contribution is 6.09. The number of rotatable bonds is 4. The fourth-order valence-electron chi connectivity index (χ4n) is 2.44. The Morgan fingerprint density at radius 1 is 1.18 bits per heavy atom. The van der Waals surface area contributed by atoms with Crippen molar-refractivity contribution in [2.45, 2.75) is 6.42 Å². The molecule has 1 aromatic carbocycles. The summed E-state index contributed by atoms with van der Waals surface area (Å²) >= 11 is 0. The molecular weight excluding hydrogens is 278 g/mol. The first-order chi connectivity index (χ1) is 10.7. The van der Waals surface area contributed by atoms with Gasteiger partial charge in [-0.15, -0.1) is 0 Å². The first-order valence-electron chi connectivity index (χ1n) is 6.97. The number of hydrogen-bond donors (Lipinski definition) is 1. The van der Waals surface area contributed by atoms with Gasteiger partial charge >= 0.3 is 0 Å². The van der Waals surface area contributed by atoms with Crippen LogP contribution in [-0.2, 0) is 4.79 Å². The van der Waals surface area contributed by atoms with Gasteiger partial charge < -0.3 is 10.2 Å². The number of nitrogens with zero attached hydrogens (tertiary/aromatic N) is 2. The zero-order valence-corrected chi connectivity index (χ0v) is 12.0. The third kappa shape index (κ3) is 2.61. The van der Waals surface area contributed by atoms with Gasteiger partial charge in [-0.05, 0) is 18.2 Å². The molecule has 0 saturated heterocycles. The largest absolute Gasteiger partial charge is 0.325 e. The molecule has 2 heterocycles. The summed E-state index contributed by atoms with van der Waals surface area (Å²) in [4.78, 5) is 29.7. The maximum absolute atomic E-state index is 12.3. The van der Waals surface area contributed by atoms with Crippen molar-refractivity contribution in [2.75, 3.05) is 11.9 Å². The van der Waals surface area contributed by atoms with E-state index in [1.54, 1.807) is 35.5 Å². The highest BCUT2D eigenvalue weighted by atomic mass is 16.2. The van der Waals surface area contributed by atoms with Crippen LogP contribution in [-0.4, -0.2) is 28.2 Å². The number of aromatic nitrogens is 1. The van der Waals surface area contributed by atoms with Gasteiger partial charge in [0.25, 0.3) is 5.91 Å². The maximum Gasteiger partial charge on any atom is 0.258 e. The van der Waals surface area contributed by atoms with E-state index in [2.05, 4.69) is 16.9 Å². The average molecular weight is 293 g/mol. The molecule has 0 radical (unpaired) electrons. The normalized spacial score (nSPS) is 13.2. The fourth-order valence-corrected chi connectivity index (χ4v) is 2.44. The van der Waals surface area contributed by atoms with Crippen molar-refractivity contribution in [1.82, 2.24) is 9.88 Å². The van der Waals surface area contributed by atoms with Crippen LogP contribution in [0.2, 0.25) is 0 Å². The van der Waals surface area contributed by atoms with Crippen molar-refractivity contribution in [2.24, 2.45) is 0 Å². The molecule has 1 aromatic heterocycles. The van der Waals surface area contributed by atoms with Crippen molar-refractivity contribution in [3.05, 3.63) is 66.5 Å². The van der Waals surface area contributed by atoms with Crippen LogP contribution in [0.25, 0.3) is 5.70 Å². The summed E-state index contributed by atoms with van der Waals surface area (Å²) in [6.45, 7) is 4.26. The molecule has 110 valence electrons. The third-order valence-corrected chi connectivity index (χ3v) is 3.55. The Morgan fingerprint density at radius 2 is 1.95 bits per heavy atom. The number of nitrogens with one attached hydrogen (secondary N) is 1. The van der Waals surface area contributed by atoms with Crippen LogP contribution in [0, 0.1) is 0 Å². The minimum atomic E-state index is -0.162. The van der Waals surface area contributed by atoms with Gasteiger partial charge in [0.1, 0.15) is 0 Å². The van der Waals surface area contributed by atoms with E-state index >= 15 is 0 Å². The number of fused-ring (bicyclic) bond motifs is 1. The molecule has 0 aliphatic carbocycles. The number of benzene rings is 1. The topological polar surface area (TPSA) is 62.3 Å². The second-order valence-electron chi connectivity index (χ2n) is 4.99. The first kappa shape index (κ1) is 14.0. The summed E-state index contributed by atoms with van der Waals surface area (Å²) in [5.41, 5.74) is 2.76. The summed E-state index contributed by atoms with van der Waals surface area (Å²) in [5, 5.41) is 2.75. The second-order valence-corrected chi connectivity index (χ2v) is 4.99. The van der Waals surface area contributed by atoms with Crippen LogP contribution < -0.4 is 5.32 Å². The van der Waals surface area contributed by atoms with Gasteiger partial charge in [-0.3, -0.25) is 14.6 Å². The van der Waals surface area contributed by atoms with E-state index in [0.29, 0.717) is 23.5 Å². The zero-order chi connectivity index (χ0) is 15.5. The van der Waals surface area contributed by atoms with Gasteiger partial charge in [-0.1, -0.05) is 24.8 Å². The Balaban J connectivity index is 1.62. The van der Waals surface area contributed by atoms with E-state index in [4.69, 9.17) is 0 Å². The van der Waals surface area contributed by atoms with E-state index < -0.39 is 0 Å². The number of amides is 2. The van der Waals surface area contributed by atoms with E-state index in [0.717, 1.165) is 5.56 Å². The number of carbonyl (C=O) groups excluding carboxylic acids is 2. The van der Waals surface area contributed by atoms with Crippen LogP contribution >= 0.6 is 0 Å². The van der Waals surface area contributed by atoms with Gasteiger partial charge in [0.2, 0.25) is 5.91 Å². The van der Waals surface area contributed by atoms with Crippen LogP contribution in [0.3, 0.4) is 0 Å². The summed E-state index contributed by atoms with van der Waals surface area (Å²) in [6, 6.07) is 10.8. The SMILES string of the molecule is C=C1c2ccccc2C(=O)N1CCC(=O)Nc1cccnc1. The predicted octanol–water partition coefficient (Wildman–Crippen LogP) is 2.54. The Bertz CT molecular complexity index is 706. The summed E-state index contributed by atoms with van der Waals surface area (Å²) < 4.78 is 0. The molecule has 1 aliphatic heterocycles. The quantitative estimate of drug-likeness (QED) is 0.942. The molecule has 0 saturated carbocycles. The Labute approximate surface area is 128 Å². The molecule has 0 unspecified atom stereocenters. The zero-order valence-electron chi connectivity index (χ0n) is 12.0. The lowest BCUT2D eigenvalue weighted by molar-refractivity contribution is -0.116. The molecule has 0 bridgehead atoms. The molecule has 5 heteroatoms. The Kier molecular flexibility index (Phi) is 3.70. The standard InChI is InChI=1S/C17H15N3O2/c1-12-14-6-2-3-7-15(14)17(22)20(12)10-8-16(21)19-13-5-4-9-18-11-13/h2-7,9,11H,1,8,10H2,(H,19,21). The minimum Gasteiger partial charge on any atom is -0.325 e. The van der Waals surface area contributed by atoms with Gasteiger partial charge in [0.05, 0.1) is 11.9 Å². The van der Waals surface area contributed by atoms with E-state index in [1.165, 1.54) is 0 Å². The summed E-state index contributed by atoms with van der Waals surface area (Å²) in [6.07, 6.45) is 3.42. The summed E-state index contributed by atoms with van der Waals surface area (Å²) in [7, 11) is 0. The first-order valence-corrected chi connectivity index (χ1v) is 6.97. The number of anilines is 1. The lowest BCUT2D eigenvalue weighted by Gasteiger charge is -2.17. The number of hydrogen-bond acceptors (Lipinski definition) is 3. The number of carbonyl (C=O) groups is 2. The highest BCUT2D eigenvalue weighted by Crippen LogP contribution is 2.31. The highest BCUT2D eigenvalue weighted by Gasteiger charge is 2.30. The van der Waals surface area contributed by atoms with E-state index in [-0.39, 0.29) is 18.2 Å². The van der Waals surface area contributed by atoms with E-state index in [9.17, 15) is 9.59 Å². The smallest absolute Gasteiger partial charge is 0.258 e.